The molecule has 2 heteroatoms. The van der Waals surface area contributed by atoms with Crippen LogP contribution in [-0.4, -0.2) is 0 Å². The minimum atomic E-state index is -0.483. The van der Waals surface area contributed by atoms with Crippen LogP contribution >= 0.6 is 0 Å². The van der Waals surface area contributed by atoms with Crippen LogP contribution in [-0.2, 0) is 12.8 Å². The maximum atomic E-state index is 14.5. The summed E-state index contributed by atoms with van der Waals surface area (Å²) in [7, 11) is 0. The topological polar surface area (TPSA) is 0 Å². The molecule has 0 heterocycles. The van der Waals surface area contributed by atoms with Gasteiger partial charge in [-0.15, -0.1) is 0 Å². The van der Waals surface area contributed by atoms with E-state index >= 15 is 0 Å². The number of rotatable bonds is 8. The van der Waals surface area contributed by atoms with Gasteiger partial charge in [-0.2, -0.15) is 0 Å². The van der Waals surface area contributed by atoms with Gasteiger partial charge in [-0.3, -0.25) is 0 Å². The zero-order valence-corrected chi connectivity index (χ0v) is 19.8. The fraction of sp³-hybridized carbons (Fsp3) is 0.188. The van der Waals surface area contributed by atoms with Gasteiger partial charge in [0, 0.05) is 5.56 Å². The molecule has 0 aliphatic rings. The van der Waals surface area contributed by atoms with Crippen molar-refractivity contribution >= 4 is 0 Å². The van der Waals surface area contributed by atoms with Crippen LogP contribution in [0.3, 0.4) is 0 Å². The van der Waals surface area contributed by atoms with E-state index in [9.17, 15) is 8.78 Å². The molecule has 0 spiro atoms. The molecule has 0 N–H and O–H groups in total. The Morgan fingerprint density at radius 2 is 1.24 bits per heavy atom. The summed E-state index contributed by atoms with van der Waals surface area (Å²) in [5.74, 6) is -0.505. The van der Waals surface area contributed by atoms with Gasteiger partial charge in [0.15, 0.2) is 0 Å². The molecule has 0 aromatic heterocycles. The zero-order valence-electron chi connectivity index (χ0n) is 19.8. The molecular weight excluding hydrogens is 422 g/mol. The molecule has 0 unspecified atom stereocenters. The van der Waals surface area contributed by atoms with Crippen LogP contribution < -0.4 is 0 Å². The predicted molar refractivity (Wildman–Crippen MR) is 139 cm³/mol. The van der Waals surface area contributed by atoms with Crippen molar-refractivity contribution in [2.24, 2.45) is 0 Å². The first-order chi connectivity index (χ1) is 16.5. The first-order valence-electron chi connectivity index (χ1n) is 11.9. The SMILES string of the molecule is C/C=C/CCc1c(F)cc(-c2ccc(-c3ccc(C[C@H](C)c4ccccc4)cc3)cc2)cc1F. The predicted octanol–water partition coefficient (Wildman–Crippen LogP) is 9.15. The van der Waals surface area contributed by atoms with Gasteiger partial charge >= 0.3 is 0 Å². The lowest BCUT2D eigenvalue weighted by molar-refractivity contribution is 0.556. The molecule has 0 radical (unpaired) electrons. The molecule has 0 bridgehead atoms. The Morgan fingerprint density at radius 3 is 1.79 bits per heavy atom. The highest BCUT2D eigenvalue weighted by Gasteiger charge is 2.12. The highest BCUT2D eigenvalue weighted by Crippen LogP contribution is 2.29. The third kappa shape index (κ3) is 5.69. The van der Waals surface area contributed by atoms with Gasteiger partial charge in [0.1, 0.15) is 11.6 Å². The summed E-state index contributed by atoms with van der Waals surface area (Å²) in [6.45, 7) is 4.16. The van der Waals surface area contributed by atoms with Crippen molar-refractivity contribution < 1.29 is 8.78 Å². The van der Waals surface area contributed by atoms with E-state index in [4.69, 9.17) is 0 Å². The van der Waals surface area contributed by atoms with E-state index in [1.807, 2.05) is 49.4 Å². The summed E-state index contributed by atoms with van der Waals surface area (Å²) >= 11 is 0. The van der Waals surface area contributed by atoms with Crippen molar-refractivity contribution in [3.8, 4) is 22.3 Å². The maximum absolute atomic E-state index is 14.5. The molecule has 0 nitrogen and oxygen atoms in total. The summed E-state index contributed by atoms with van der Waals surface area (Å²) in [5.41, 5.74) is 6.37. The lowest BCUT2D eigenvalue weighted by atomic mass is 9.92. The van der Waals surface area contributed by atoms with E-state index < -0.39 is 11.6 Å². The largest absolute Gasteiger partial charge is 0.207 e. The molecule has 34 heavy (non-hydrogen) atoms. The van der Waals surface area contributed by atoms with Gasteiger partial charge in [-0.1, -0.05) is 97.9 Å². The van der Waals surface area contributed by atoms with E-state index in [0.29, 0.717) is 24.3 Å². The quantitative estimate of drug-likeness (QED) is 0.234. The molecule has 1 atom stereocenters. The Morgan fingerprint density at radius 1 is 0.706 bits per heavy atom. The third-order valence-corrected chi connectivity index (χ3v) is 6.35. The van der Waals surface area contributed by atoms with E-state index in [1.54, 1.807) is 0 Å². The Labute approximate surface area is 201 Å². The molecule has 0 aliphatic carbocycles. The molecule has 0 aliphatic heterocycles. The summed E-state index contributed by atoms with van der Waals surface area (Å²) in [6, 6.07) is 29.9. The molecule has 0 saturated carbocycles. The number of allylic oxidation sites excluding steroid dienone is 2. The first-order valence-corrected chi connectivity index (χ1v) is 11.9. The average molecular weight is 453 g/mol. The van der Waals surface area contributed by atoms with Gasteiger partial charge in [-0.05, 0) is 77.6 Å². The number of hydrogen-bond acceptors (Lipinski definition) is 0. The second-order valence-corrected chi connectivity index (χ2v) is 8.82. The fourth-order valence-corrected chi connectivity index (χ4v) is 4.34. The van der Waals surface area contributed by atoms with Gasteiger partial charge in [0.05, 0.1) is 0 Å². The number of benzene rings is 4. The zero-order chi connectivity index (χ0) is 23.9. The molecule has 0 fully saturated rings. The molecule has 4 rings (SSSR count). The molecule has 172 valence electrons. The van der Waals surface area contributed by atoms with Crippen LogP contribution in [0.1, 0.15) is 42.9 Å². The minimum Gasteiger partial charge on any atom is -0.207 e. The Kier molecular flexibility index (Phi) is 7.69. The van der Waals surface area contributed by atoms with Gasteiger partial charge in [0.2, 0.25) is 0 Å². The van der Waals surface area contributed by atoms with Crippen LogP contribution in [0.25, 0.3) is 22.3 Å². The van der Waals surface area contributed by atoms with E-state index in [1.165, 1.54) is 23.3 Å². The van der Waals surface area contributed by atoms with Crippen molar-refractivity contribution in [3.05, 3.63) is 131 Å². The standard InChI is InChI=1S/C32H30F2/c1-3-4-6-11-30-31(33)21-29(22-32(30)34)28-18-16-27(17-19-28)26-14-12-24(13-15-26)20-23(2)25-9-7-5-8-10-25/h3-5,7-10,12-19,21-23H,6,11,20H2,1-2H3/b4-3+/t23-/m0/s1. The van der Waals surface area contributed by atoms with Crippen LogP contribution in [0.4, 0.5) is 8.78 Å². The van der Waals surface area contributed by atoms with Gasteiger partial charge < -0.3 is 0 Å². The Balaban J connectivity index is 1.46. The molecule has 0 saturated heterocycles. The normalized spacial score (nSPS) is 12.2. The van der Waals surface area contributed by atoms with Crippen molar-refractivity contribution in [1.29, 1.82) is 0 Å². The summed E-state index contributed by atoms with van der Waals surface area (Å²) in [4.78, 5) is 0. The molecular formula is C32H30F2. The molecule has 4 aromatic rings. The van der Waals surface area contributed by atoms with Crippen molar-refractivity contribution in [3.63, 3.8) is 0 Å². The second-order valence-electron chi connectivity index (χ2n) is 8.82. The van der Waals surface area contributed by atoms with Crippen LogP contribution in [0.15, 0.2) is 103 Å². The van der Waals surface area contributed by atoms with E-state index in [0.717, 1.165) is 23.1 Å². The van der Waals surface area contributed by atoms with Crippen molar-refractivity contribution in [2.45, 2.75) is 39.0 Å². The van der Waals surface area contributed by atoms with Crippen molar-refractivity contribution in [2.75, 3.05) is 0 Å². The smallest absolute Gasteiger partial charge is 0.129 e. The maximum Gasteiger partial charge on any atom is 0.129 e. The summed E-state index contributed by atoms with van der Waals surface area (Å²) in [6.07, 6.45) is 5.79. The van der Waals surface area contributed by atoms with Gasteiger partial charge in [-0.25, -0.2) is 8.78 Å². The molecule has 0 amide bonds. The highest BCUT2D eigenvalue weighted by atomic mass is 19.1. The molecule has 4 aromatic carbocycles. The van der Waals surface area contributed by atoms with Crippen LogP contribution in [0, 0.1) is 11.6 Å². The second kappa shape index (κ2) is 11.1. The van der Waals surface area contributed by atoms with Crippen LogP contribution in [0.5, 0.6) is 0 Å². The monoisotopic (exact) mass is 452 g/mol. The highest BCUT2D eigenvalue weighted by molar-refractivity contribution is 5.70. The Bertz CT molecular complexity index is 1210. The Hall–Kier alpha value is -3.52. The summed E-state index contributed by atoms with van der Waals surface area (Å²) < 4.78 is 29.1. The first kappa shape index (κ1) is 23.6. The fourth-order valence-electron chi connectivity index (χ4n) is 4.34. The minimum absolute atomic E-state index is 0.153. The van der Waals surface area contributed by atoms with Gasteiger partial charge in [0.25, 0.3) is 0 Å². The lowest BCUT2D eigenvalue weighted by Crippen LogP contribution is -1.98. The third-order valence-electron chi connectivity index (χ3n) is 6.35. The summed E-state index contributed by atoms with van der Waals surface area (Å²) in [5, 5.41) is 0. The number of halogens is 2. The van der Waals surface area contributed by atoms with E-state index in [-0.39, 0.29) is 5.56 Å². The number of hydrogen-bond donors (Lipinski definition) is 0. The lowest BCUT2D eigenvalue weighted by Gasteiger charge is -2.12. The average Bonchev–Trinajstić information content (AvgIpc) is 2.87. The van der Waals surface area contributed by atoms with Crippen molar-refractivity contribution in [1.82, 2.24) is 0 Å². The van der Waals surface area contributed by atoms with E-state index in [2.05, 4.69) is 55.5 Å². The van der Waals surface area contributed by atoms with Crippen LogP contribution in [0.2, 0.25) is 0 Å².